The average Bonchev–Trinajstić information content (AvgIpc) is 2.53. The van der Waals surface area contributed by atoms with E-state index in [9.17, 15) is 4.79 Å². The predicted molar refractivity (Wildman–Crippen MR) is 81.8 cm³/mol. The normalized spacial score (nSPS) is 12.2. The number of carbonyl (C=O) groups is 1. The molecule has 2 aromatic rings. The Morgan fingerprint density at radius 1 is 1.05 bits per heavy atom. The molecule has 0 saturated carbocycles. The third kappa shape index (κ3) is 4.09. The van der Waals surface area contributed by atoms with Gasteiger partial charge in [-0.05, 0) is 35.8 Å². The Morgan fingerprint density at radius 2 is 1.75 bits per heavy atom. The molecule has 0 aromatic heterocycles. The first-order valence-corrected chi connectivity index (χ1v) is 6.76. The Morgan fingerprint density at radius 3 is 2.35 bits per heavy atom. The molecule has 0 bridgehead atoms. The van der Waals surface area contributed by atoms with Crippen molar-refractivity contribution >= 4 is 12.4 Å². The van der Waals surface area contributed by atoms with Crippen molar-refractivity contribution in [1.82, 2.24) is 0 Å². The molecule has 20 heavy (non-hydrogen) atoms. The van der Waals surface area contributed by atoms with E-state index in [2.05, 4.69) is 6.92 Å². The third-order valence-corrected chi connectivity index (χ3v) is 3.02. The number of benzene rings is 2. The summed E-state index contributed by atoms with van der Waals surface area (Å²) in [7, 11) is 0. The molecule has 0 heterocycles. The minimum atomic E-state index is -0.567. The van der Waals surface area contributed by atoms with E-state index in [0.29, 0.717) is 5.75 Å². The summed E-state index contributed by atoms with van der Waals surface area (Å²) in [5, 5.41) is 0. The SMILES string of the molecule is CCc1ccc(OC(C=O)/C=C/c2ccccc2)cc1. The van der Waals surface area contributed by atoms with Crippen molar-refractivity contribution in [2.24, 2.45) is 0 Å². The lowest BCUT2D eigenvalue weighted by Crippen LogP contribution is -2.14. The van der Waals surface area contributed by atoms with Crippen LogP contribution in [0, 0.1) is 0 Å². The maximum atomic E-state index is 11.1. The van der Waals surface area contributed by atoms with Crippen molar-refractivity contribution in [3.63, 3.8) is 0 Å². The number of hydrogen-bond donors (Lipinski definition) is 0. The molecule has 0 N–H and O–H groups in total. The Kier molecular flexibility index (Phi) is 5.13. The van der Waals surface area contributed by atoms with Crippen LogP contribution in [0.15, 0.2) is 60.7 Å². The Labute approximate surface area is 119 Å². The first-order valence-electron chi connectivity index (χ1n) is 6.76. The van der Waals surface area contributed by atoms with Crippen molar-refractivity contribution in [2.75, 3.05) is 0 Å². The summed E-state index contributed by atoms with van der Waals surface area (Å²) in [5.74, 6) is 0.706. The summed E-state index contributed by atoms with van der Waals surface area (Å²) in [6, 6.07) is 17.6. The zero-order valence-electron chi connectivity index (χ0n) is 11.5. The summed E-state index contributed by atoms with van der Waals surface area (Å²) < 4.78 is 5.63. The third-order valence-electron chi connectivity index (χ3n) is 3.02. The van der Waals surface area contributed by atoms with Gasteiger partial charge in [0.1, 0.15) is 5.75 Å². The molecule has 0 aliphatic carbocycles. The van der Waals surface area contributed by atoms with Crippen molar-refractivity contribution < 1.29 is 9.53 Å². The molecule has 0 fully saturated rings. The zero-order valence-corrected chi connectivity index (χ0v) is 11.5. The summed E-state index contributed by atoms with van der Waals surface area (Å²) in [6.45, 7) is 2.10. The highest BCUT2D eigenvalue weighted by molar-refractivity contribution is 5.64. The molecular weight excluding hydrogens is 248 g/mol. The van der Waals surface area contributed by atoms with Crippen LogP contribution >= 0.6 is 0 Å². The molecule has 2 heteroatoms. The number of aldehydes is 1. The summed E-state index contributed by atoms with van der Waals surface area (Å²) in [6.07, 6.45) is 4.87. The highest BCUT2D eigenvalue weighted by Crippen LogP contribution is 2.14. The zero-order chi connectivity index (χ0) is 14.2. The maximum Gasteiger partial charge on any atom is 0.172 e. The molecule has 0 saturated heterocycles. The van der Waals surface area contributed by atoms with Gasteiger partial charge in [0, 0.05) is 0 Å². The standard InChI is InChI=1S/C18H18O2/c1-2-15-8-11-17(12-9-15)20-18(14-19)13-10-16-6-4-3-5-7-16/h3-14,18H,2H2,1H3/b13-10+. The van der Waals surface area contributed by atoms with Crippen LogP contribution in [0.1, 0.15) is 18.1 Å². The molecule has 1 unspecified atom stereocenters. The largest absolute Gasteiger partial charge is 0.479 e. The number of aryl methyl sites for hydroxylation is 1. The highest BCUT2D eigenvalue weighted by Gasteiger charge is 2.04. The van der Waals surface area contributed by atoms with Crippen LogP contribution in [0.4, 0.5) is 0 Å². The van der Waals surface area contributed by atoms with Gasteiger partial charge in [-0.2, -0.15) is 0 Å². The van der Waals surface area contributed by atoms with Crippen LogP contribution in [0.3, 0.4) is 0 Å². The van der Waals surface area contributed by atoms with Crippen molar-refractivity contribution in [3.8, 4) is 5.75 Å². The van der Waals surface area contributed by atoms with Crippen LogP contribution in [-0.2, 0) is 11.2 Å². The van der Waals surface area contributed by atoms with E-state index < -0.39 is 6.10 Å². The van der Waals surface area contributed by atoms with Crippen LogP contribution in [0.2, 0.25) is 0 Å². The Hall–Kier alpha value is -2.35. The van der Waals surface area contributed by atoms with Crippen LogP contribution in [0.25, 0.3) is 6.08 Å². The second-order valence-corrected chi connectivity index (χ2v) is 4.49. The number of carbonyl (C=O) groups excluding carboxylic acids is 1. The lowest BCUT2D eigenvalue weighted by Gasteiger charge is -2.10. The van der Waals surface area contributed by atoms with Crippen molar-refractivity contribution in [2.45, 2.75) is 19.4 Å². The molecule has 0 aliphatic rings. The van der Waals surface area contributed by atoms with Gasteiger partial charge in [0.15, 0.2) is 12.4 Å². The number of rotatable bonds is 6. The van der Waals surface area contributed by atoms with E-state index in [1.165, 1.54) is 5.56 Å². The predicted octanol–water partition coefficient (Wildman–Crippen LogP) is 3.91. The van der Waals surface area contributed by atoms with Crippen molar-refractivity contribution in [3.05, 3.63) is 71.8 Å². The minimum Gasteiger partial charge on any atom is -0.479 e. The molecule has 1 atom stereocenters. The second-order valence-electron chi connectivity index (χ2n) is 4.49. The molecule has 0 spiro atoms. The molecule has 102 valence electrons. The van der Waals surface area contributed by atoms with Gasteiger partial charge in [-0.3, -0.25) is 4.79 Å². The fraction of sp³-hybridized carbons (Fsp3) is 0.167. The van der Waals surface area contributed by atoms with Gasteiger partial charge in [0.05, 0.1) is 0 Å². The van der Waals surface area contributed by atoms with E-state index in [4.69, 9.17) is 4.74 Å². The van der Waals surface area contributed by atoms with E-state index in [0.717, 1.165) is 18.3 Å². The van der Waals surface area contributed by atoms with Crippen LogP contribution in [-0.4, -0.2) is 12.4 Å². The molecule has 2 rings (SSSR count). The van der Waals surface area contributed by atoms with Gasteiger partial charge in [0.2, 0.25) is 0 Å². The first kappa shape index (κ1) is 14.1. The number of ether oxygens (including phenoxy) is 1. The maximum absolute atomic E-state index is 11.1. The van der Waals surface area contributed by atoms with Crippen molar-refractivity contribution in [1.29, 1.82) is 0 Å². The molecule has 0 amide bonds. The Balaban J connectivity index is 2.01. The second kappa shape index (κ2) is 7.29. The fourth-order valence-corrected chi connectivity index (χ4v) is 1.84. The lowest BCUT2D eigenvalue weighted by molar-refractivity contribution is -0.112. The summed E-state index contributed by atoms with van der Waals surface area (Å²) in [4.78, 5) is 11.1. The minimum absolute atomic E-state index is 0.567. The molecular formula is C18H18O2. The van der Waals surface area contributed by atoms with Gasteiger partial charge in [-0.15, -0.1) is 0 Å². The summed E-state index contributed by atoms with van der Waals surface area (Å²) >= 11 is 0. The summed E-state index contributed by atoms with van der Waals surface area (Å²) in [5.41, 5.74) is 2.30. The molecule has 0 radical (unpaired) electrons. The van der Waals surface area contributed by atoms with Gasteiger partial charge < -0.3 is 4.74 Å². The topological polar surface area (TPSA) is 26.3 Å². The first-order chi connectivity index (χ1) is 9.81. The molecule has 2 nitrogen and oxygen atoms in total. The highest BCUT2D eigenvalue weighted by atomic mass is 16.5. The van der Waals surface area contributed by atoms with Gasteiger partial charge >= 0.3 is 0 Å². The van der Waals surface area contributed by atoms with Gasteiger partial charge in [-0.1, -0.05) is 55.5 Å². The van der Waals surface area contributed by atoms with E-state index >= 15 is 0 Å². The molecule has 0 aliphatic heterocycles. The number of hydrogen-bond acceptors (Lipinski definition) is 2. The van der Waals surface area contributed by atoms with Gasteiger partial charge in [-0.25, -0.2) is 0 Å². The van der Waals surface area contributed by atoms with E-state index in [-0.39, 0.29) is 0 Å². The quantitative estimate of drug-likeness (QED) is 0.741. The van der Waals surface area contributed by atoms with E-state index in [1.807, 2.05) is 60.7 Å². The average molecular weight is 266 g/mol. The smallest absolute Gasteiger partial charge is 0.172 e. The van der Waals surface area contributed by atoms with E-state index in [1.54, 1.807) is 6.08 Å². The van der Waals surface area contributed by atoms with Gasteiger partial charge in [0.25, 0.3) is 0 Å². The monoisotopic (exact) mass is 266 g/mol. The Bertz CT molecular complexity index is 556. The fourth-order valence-electron chi connectivity index (χ4n) is 1.84. The van der Waals surface area contributed by atoms with Crippen LogP contribution in [0.5, 0.6) is 5.75 Å². The molecule has 2 aromatic carbocycles. The lowest BCUT2D eigenvalue weighted by atomic mass is 10.1. The van der Waals surface area contributed by atoms with Crippen LogP contribution < -0.4 is 4.74 Å².